The van der Waals surface area contributed by atoms with Crippen molar-refractivity contribution < 1.29 is 4.39 Å². The first-order valence-electron chi connectivity index (χ1n) is 5.41. The Hall–Kier alpha value is -2.56. The highest BCUT2D eigenvalue weighted by atomic mass is 19.1. The molecule has 0 saturated heterocycles. The van der Waals surface area contributed by atoms with Crippen molar-refractivity contribution in [1.29, 1.82) is 0 Å². The van der Waals surface area contributed by atoms with Gasteiger partial charge in [-0.25, -0.2) is 14.4 Å². The lowest BCUT2D eigenvalue weighted by Crippen LogP contribution is -1.88. The maximum Gasteiger partial charge on any atom is 0.162 e. The molecule has 0 amide bonds. The standard InChI is InChI=1S/C13H9FN4/c14-10-4-1-3-9(7-10)12-11(8-17-18-12)13-15-5-2-6-16-13/h1-8H,(H,17,18). The third-order valence-corrected chi connectivity index (χ3v) is 2.56. The fourth-order valence-electron chi connectivity index (χ4n) is 1.76. The van der Waals surface area contributed by atoms with Crippen molar-refractivity contribution >= 4 is 0 Å². The number of nitrogens with zero attached hydrogens (tertiary/aromatic N) is 3. The molecule has 3 aromatic rings. The van der Waals surface area contributed by atoms with Crippen molar-refractivity contribution in [3.8, 4) is 22.6 Å². The highest BCUT2D eigenvalue weighted by Gasteiger charge is 2.11. The Bertz CT molecular complexity index is 664. The van der Waals surface area contributed by atoms with E-state index < -0.39 is 0 Å². The van der Waals surface area contributed by atoms with E-state index >= 15 is 0 Å². The molecule has 18 heavy (non-hydrogen) atoms. The van der Waals surface area contributed by atoms with Crippen LogP contribution in [-0.4, -0.2) is 20.2 Å². The fourth-order valence-corrected chi connectivity index (χ4v) is 1.76. The first kappa shape index (κ1) is 10.6. The van der Waals surface area contributed by atoms with Crippen LogP contribution in [0, 0.1) is 5.82 Å². The van der Waals surface area contributed by atoms with Crippen LogP contribution in [0.1, 0.15) is 0 Å². The van der Waals surface area contributed by atoms with Gasteiger partial charge >= 0.3 is 0 Å². The van der Waals surface area contributed by atoms with Crippen LogP contribution in [-0.2, 0) is 0 Å². The molecular formula is C13H9FN4. The van der Waals surface area contributed by atoms with E-state index in [1.807, 2.05) is 6.07 Å². The van der Waals surface area contributed by atoms with Crippen molar-refractivity contribution in [3.05, 3.63) is 54.7 Å². The summed E-state index contributed by atoms with van der Waals surface area (Å²) in [6.45, 7) is 0. The molecule has 1 N–H and O–H groups in total. The minimum absolute atomic E-state index is 0.290. The number of halogens is 1. The van der Waals surface area contributed by atoms with Crippen molar-refractivity contribution in [3.63, 3.8) is 0 Å². The Balaban J connectivity index is 2.13. The van der Waals surface area contributed by atoms with Gasteiger partial charge in [-0.1, -0.05) is 12.1 Å². The van der Waals surface area contributed by atoms with Crippen LogP contribution < -0.4 is 0 Å². The van der Waals surface area contributed by atoms with Gasteiger partial charge < -0.3 is 0 Å². The van der Waals surface area contributed by atoms with Crippen LogP contribution >= 0.6 is 0 Å². The van der Waals surface area contributed by atoms with E-state index in [1.165, 1.54) is 12.1 Å². The van der Waals surface area contributed by atoms with E-state index in [1.54, 1.807) is 30.7 Å². The molecule has 2 aromatic heterocycles. The van der Waals surface area contributed by atoms with Crippen molar-refractivity contribution in [2.24, 2.45) is 0 Å². The Morgan fingerprint density at radius 1 is 1.06 bits per heavy atom. The third-order valence-electron chi connectivity index (χ3n) is 2.56. The summed E-state index contributed by atoms with van der Waals surface area (Å²) in [4.78, 5) is 8.33. The average Bonchev–Trinajstić information content (AvgIpc) is 2.89. The van der Waals surface area contributed by atoms with Crippen LogP contribution in [0.4, 0.5) is 4.39 Å². The molecule has 0 bridgehead atoms. The smallest absolute Gasteiger partial charge is 0.162 e. The Morgan fingerprint density at radius 2 is 1.89 bits per heavy atom. The predicted molar refractivity (Wildman–Crippen MR) is 65.0 cm³/mol. The largest absolute Gasteiger partial charge is 0.277 e. The molecule has 0 spiro atoms. The Morgan fingerprint density at radius 3 is 2.67 bits per heavy atom. The number of nitrogens with one attached hydrogen (secondary N) is 1. The molecule has 1 aromatic carbocycles. The van der Waals surface area contributed by atoms with E-state index in [0.717, 1.165) is 11.1 Å². The van der Waals surface area contributed by atoms with Gasteiger partial charge in [0.05, 0.1) is 17.5 Å². The summed E-state index contributed by atoms with van der Waals surface area (Å²) in [7, 11) is 0. The molecule has 0 aliphatic heterocycles. The molecular weight excluding hydrogens is 231 g/mol. The summed E-state index contributed by atoms with van der Waals surface area (Å²) < 4.78 is 13.2. The molecule has 0 saturated carbocycles. The van der Waals surface area contributed by atoms with E-state index in [4.69, 9.17) is 0 Å². The lowest BCUT2D eigenvalue weighted by Gasteiger charge is -2.02. The minimum atomic E-state index is -0.290. The van der Waals surface area contributed by atoms with Gasteiger partial charge in [-0.2, -0.15) is 5.10 Å². The van der Waals surface area contributed by atoms with Crippen molar-refractivity contribution in [2.45, 2.75) is 0 Å². The maximum atomic E-state index is 13.2. The second kappa shape index (κ2) is 4.37. The molecule has 4 nitrogen and oxygen atoms in total. The number of aromatic amines is 1. The van der Waals surface area contributed by atoms with E-state index in [9.17, 15) is 4.39 Å². The first-order valence-corrected chi connectivity index (χ1v) is 5.41. The van der Waals surface area contributed by atoms with Crippen molar-refractivity contribution in [2.75, 3.05) is 0 Å². The van der Waals surface area contributed by atoms with E-state index in [0.29, 0.717) is 11.5 Å². The summed E-state index contributed by atoms with van der Waals surface area (Å²) in [5.74, 6) is 0.271. The zero-order valence-corrected chi connectivity index (χ0v) is 9.34. The third kappa shape index (κ3) is 1.86. The summed E-state index contributed by atoms with van der Waals surface area (Å²) in [6, 6.07) is 8.05. The van der Waals surface area contributed by atoms with Gasteiger partial charge in [0, 0.05) is 18.0 Å². The second-order valence-electron chi connectivity index (χ2n) is 3.74. The summed E-state index contributed by atoms with van der Waals surface area (Å²) in [5.41, 5.74) is 2.18. The van der Waals surface area contributed by atoms with E-state index in [2.05, 4.69) is 20.2 Å². The molecule has 5 heteroatoms. The van der Waals surface area contributed by atoms with Crippen LogP contribution in [0.3, 0.4) is 0 Å². The van der Waals surface area contributed by atoms with Crippen LogP contribution in [0.15, 0.2) is 48.9 Å². The fraction of sp³-hybridized carbons (Fsp3) is 0. The number of aromatic nitrogens is 4. The number of rotatable bonds is 2. The first-order chi connectivity index (χ1) is 8.84. The van der Waals surface area contributed by atoms with Crippen LogP contribution in [0.25, 0.3) is 22.6 Å². The van der Waals surface area contributed by atoms with Gasteiger partial charge in [0.1, 0.15) is 5.82 Å². The van der Waals surface area contributed by atoms with Gasteiger partial charge in [-0.3, -0.25) is 5.10 Å². The minimum Gasteiger partial charge on any atom is -0.277 e. The lowest BCUT2D eigenvalue weighted by atomic mass is 10.1. The quantitative estimate of drug-likeness (QED) is 0.749. The molecule has 0 unspecified atom stereocenters. The molecule has 0 fully saturated rings. The van der Waals surface area contributed by atoms with E-state index in [-0.39, 0.29) is 5.82 Å². The topological polar surface area (TPSA) is 54.5 Å². The zero-order valence-electron chi connectivity index (χ0n) is 9.34. The van der Waals surface area contributed by atoms with Crippen molar-refractivity contribution in [1.82, 2.24) is 20.2 Å². The number of hydrogen-bond donors (Lipinski definition) is 1. The normalized spacial score (nSPS) is 10.5. The second-order valence-corrected chi connectivity index (χ2v) is 3.74. The van der Waals surface area contributed by atoms with Gasteiger partial charge in [-0.15, -0.1) is 0 Å². The maximum absolute atomic E-state index is 13.2. The zero-order chi connectivity index (χ0) is 12.4. The molecule has 88 valence electrons. The van der Waals surface area contributed by atoms with Crippen LogP contribution in [0.2, 0.25) is 0 Å². The molecule has 0 aliphatic carbocycles. The monoisotopic (exact) mass is 240 g/mol. The molecule has 0 atom stereocenters. The van der Waals surface area contributed by atoms with Gasteiger partial charge in [-0.05, 0) is 18.2 Å². The average molecular weight is 240 g/mol. The molecule has 0 radical (unpaired) electrons. The predicted octanol–water partition coefficient (Wildman–Crippen LogP) is 2.67. The molecule has 2 heterocycles. The highest BCUT2D eigenvalue weighted by molar-refractivity contribution is 5.76. The highest BCUT2D eigenvalue weighted by Crippen LogP contribution is 2.27. The Labute approximate surface area is 103 Å². The summed E-state index contributed by atoms with van der Waals surface area (Å²) >= 11 is 0. The number of benzene rings is 1. The molecule has 3 rings (SSSR count). The van der Waals surface area contributed by atoms with Gasteiger partial charge in [0.2, 0.25) is 0 Å². The number of hydrogen-bond acceptors (Lipinski definition) is 3. The van der Waals surface area contributed by atoms with Gasteiger partial charge in [0.25, 0.3) is 0 Å². The SMILES string of the molecule is Fc1cccc(-c2[nH]ncc2-c2ncccn2)c1. The summed E-state index contributed by atoms with van der Waals surface area (Å²) in [6.07, 6.45) is 4.95. The molecule has 0 aliphatic rings. The van der Waals surface area contributed by atoms with Gasteiger partial charge in [0.15, 0.2) is 5.82 Å². The lowest BCUT2D eigenvalue weighted by molar-refractivity contribution is 0.628. The summed E-state index contributed by atoms with van der Waals surface area (Å²) in [5, 5.41) is 6.83. The number of H-pyrrole nitrogens is 1. The van der Waals surface area contributed by atoms with Crippen LogP contribution in [0.5, 0.6) is 0 Å². The Kier molecular flexibility index (Phi) is 2.57.